The summed E-state index contributed by atoms with van der Waals surface area (Å²) in [6.07, 6.45) is 1.32. The van der Waals surface area contributed by atoms with Gasteiger partial charge in [0.25, 0.3) is 0 Å². The van der Waals surface area contributed by atoms with E-state index in [9.17, 15) is 9.59 Å². The number of hydrogen-bond acceptors (Lipinski definition) is 5. The van der Waals surface area contributed by atoms with E-state index in [1.54, 1.807) is 36.9 Å². The Morgan fingerprint density at radius 2 is 2.00 bits per heavy atom. The van der Waals surface area contributed by atoms with Crippen LogP contribution in [0.3, 0.4) is 0 Å². The summed E-state index contributed by atoms with van der Waals surface area (Å²) in [5.74, 6) is 1.71. The van der Waals surface area contributed by atoms with Crippen molar-refractivity contribution in [3.63, 3.8) is 0 Å². The van der Waals surface area contributed by atoms with Gasteiger partial charge in [0.05, 0.1) is 19.1 Å². The summed E-state index contributed by atoms with van der Waals surface area (Å²) < 4.78 is 10.6. The van der Waals surface area contributed by atoms with E-state index in [1.165, 1.54) is 0 Å². The summed E-state index contributed by atoms with van der Waals surface area (Å²) in [7, 11) is 3.13. The number of fused-ring (bicyclic) bond motifs is 1. The molecule has 2 amide bonds. The van der Waals surface area contributed by atoms with Crippen molar-refractivity contribution in [2.75, 3.05) is 25.3 Å². The number of carbonyl (C=O) groups is 2. The van der Waals surface area contributed by atoms with E-state index in [0.717, 1.165) is 12.0 Å². The summed E-state index contributed by atoms with van der Waals surface area (Å²) in [6, 6.07) is 3.14. The zero-order valence-corrected chi connectivity index (χ0v) is 15.2. The van der Waals surface area contributed by atoms with Gasteiger partial charge < -0.3 is 19.7 Å². The highest BCUT2D eigenvalue weighted by molar-refractivity contribution is 8.01. The van der Waals surface area contributed by atoms with E-state index < -0.39 is 6.04 Å². The smallest absolute Gasteiger partial charge is 0.248 e. The zero-order valence-electron chi connectivity index (χ0n) is 14.3. The van der Waals surface area contributed by atoms with E-state index in [4.69, 9.17) is 9.47 Å². The lowest BCUT2D eigenvalue weighted by Gasteiger charge is -2.30. The van der Waals surface area contributed by atoms with Crippen molar-refractivity contribution in [1.29, 1.82) is 0 Å². The lowest BCUT2D eigenvalue weighted by atomic mass is 10.1. The lowest BCUT2D eigenvalue weighted by Crippen LogP contribution is -2.48. The molecule has 2 fully saturated rings. The third-order valence-electron chi connectivity index (χ3n) is 4.74. The summed E-state index contributed by atoms with van der Waals surface area (Å²) in [6.45, 7) is 3.93. The maximum atomic E-state index is 12.8. The number of methoxy groups -OCH3 is 2. The first kappa shape index (κ1) is 17.0. The molecule has 3 rings (SSSR count). The maximum absolute atomic E-state index is 12.8. The molecule has 6 nitrogen and oxygen atoms in total. The van der Waals surface area contributed by atoms with Gasteiger partial charge >= 0.3 is 0 Å². The average molecular weight is 350 g/mol. The normalized spacial score (nSPS) is 25.6. The van der Waals surface area contributed by atoms with Crippen LogP contribution in [0.25, 0.3) is 0 Å². The van der Waals surface area contributed by atoms with Crippen molar-refractivity contribution in [3.8, 4) is 11.5 Å². The van der Waals surface area contributed by atoms with Crippen molar-refractivity contribution in [1.82, 2.24) is 4.90 Å². The number of amides is 2. The molecule has 2 aliphatic heterocycles. The third-order valence-corrected chi connectivity index (χ3v) is 6.24. The Hall–Kier alpha value is -1.89. The largest absolute Gasteiger partial charge is 0.493 e. The number of nitrogens with one attached hydrogen (secondary N) is 1. The molecule has 1 aromatic carbocycles. The molecule has 2 saturated heterocycles. The number of benzene rings is 1. The average Bonchev–Trinajstić information content (AvgIpc) is 3.05. The minimum atomic E-state index is -0.428. The number of nitrogens with zero attached hydrogens (tertiary/aromatic N) is 1. The van der Waals surface area contributed by atoms with Crippen molar-refractivity contribution in [2.45, 2.75) is 37.6 Å². The summed E-state index contributed by atoms with van der Waals surface area (Å²) in [5, 5.41) is 2.95. The highest BCUT2D eigenvalue weighted by Crippen LogP contribution is 2.47. The number of hydrogen-bond donors (Lipinski definition) is 1. The maximum Gasteiger partial charge on any atom is 0.248 e. The van der Waals surface area contributed by atoms with Crippen LogP contribution in [0.2, 0.25) is 0 Å². The molecule has 1 N–H and O–H groups in total. The van der Waals surface area contributed by atoms with Gasteiger partial charge in [-0.15, -0.1) is 11.8 Å². The molecular formula is C17H22N2O4S. The molecular weight excluding hydrogens is 328 g/mol. The fourth-order valence-electron chi connectivity index (χ4n) is 3.35. The monoisotopic (exact) mass is 350 g/mol. The molecule has 1 aromatic rings. The van der Waals surface area contributed by atoms with Crippen molar-refractivity contribution in [3.05, 3.63) is 17.7 Å². The van der Waals surface area contributed by atoms with Crippen LogP contribution in [-0.2, 0) is 9.59 Å². The minimum Gasteiger partial charge on any atom is -0.493 e. The number of anilines is 1. The molecule has 0 radical (unpaired) electrons. The fraction of sp³-hybridized carbons (Fsp3) is 0.529. The quantitative estimate of drug-likeness (QED) is 0.903. The summed E-state index contributed by atoms with van der Waals surface area (Å²) >= 11 is 1.68. The van der Waals surface area contributed by atoms with Gasteiger partial charge in [0, 0.05) is 23.9 Å². The second-order valence-corrected chi connectivity index (χ2v) is 7.78. The van der Waals surface area contributed by atoms with Gasteiger partial charge in [0.2, 0.25) is 11.8 Å². The van der Waals surface area contributed by atoms with Gasteiger partial charge in [-0.2, -0.15) is 0 Å². The van der Waals surface area contributed by atoms with E-state index in [-0.39, 0.29) is 16.7 Å². The van der Waals surface area contributed by atoms with Gasteiger partial charge in [-0.05, 0) is 31.9 Å². The molecule has 0 spiro atoms. The number of aryl methyl sites for hydroxylation is 1. The molecule has 0 bridgehead atoms. The van der Waals surface area contributed by atoms with Crippen LogP contribution in [0.5, 0.6) is 11.5 Å². The molecule has 0 aromatic heterocycles. The Labute approximate surface area is 145 Å². The molecule has 2 aliphatic rings. The Morgan fingerprint density at radius 1 is 1.33 bits per heavy atom. The zero-order chi connectivity index (χ0) is 17.5. The SMILES string of the molecule is COc1cc(C)c(NC(=O)C2CSC3(C)CCC(=O)N23)cc1OC. The molecule has 2 unspecified atom stereocenters. The van der Waals surface area contributed by atoms with E-state index >= 15 is 0 Å². The Morgan fingerprint density at radius 3 is 2.67 bits per heavy atom. The van der Waals surface area contributed by atoms with Crippen LogP contribution >= 0.6 is 11.8 Å². The molecule has 7 heteroatoms. The van der Waals surface area contributed by atoms with E-state index in [2.05, 4.69) is 5.32 Å². The van der Waals surface area contributed by atoms with Gasteiger partial charge in [-0.1, -0.05) is 0 Å². The second-order valence-electron chi connectivity index (χ2n) is 6.28. The summed E-state index contributed by atoms with van der Waals surface area (Å²) in [4.78, 5) is 26.4. The number of ether oxygens (including phenoxy) is 2. The molecule has 2 heterocycles. The second kappa shape index (κ2) is 6.20. The van der Waals surface area contributed by atoms with Gasteiger partial charge in [-0.25, -0.2) is 0 Å². The first-order chi connectivity index (χ1) is 11.4. The highest BCUT2D eigenvalue weighted by Gasteiger charge is 2.52. The van der Waals surface area contributed by atoms with Crippen LogP contribution in [0.1, 0.15) is 25.3 Å². The fourth-order valence-corrected chi connectivity index (χ4v) is 4.78. The molecule has 130 valence electrons. The number of rotatable bonds is 4. The standard InChI is InChI=1S/C17H22N2O4S/c1-10-7-13(22-3)14(23-4)8-11(10)18-16(21)12-9-24-17(2)6-5-15(20)19(12)17/h7-8,12H,5-6,9H2,1-4H3,(H,18,21). The first-order valence-electron chi connectivity index (χ1n) is 7.89. The molecule has 2 atom stereocenters. The Balaban J connectivity index is 1.82. The van der Waals surface area contributed by atoms with Crippen molar-refractivity contribution >= 4 is 29.3 Å². The van der Waals surface area contributed by atoms with Crippen molar-refractivity contribution < 1.29 is 19.1 Å². The van der Waals surface area contributed by atoms with E-state index in [1.807, 2.05) is 19.9 Å². The van der Waals surface area contributed by atoms with E-state index in [0.29, 0.717) is 29.4 Å². The minimum absolute atomic E-state index is 0.0617. The third kappa shape index (κ3) is 2.70. The van der Waals surface area contributed by atoms with Crippen LogP contribution in [0.15, 0.2) is 12.1 Å². The topological polar surface area (TPSA) is 67.9 Å². The van der Waals surface area contributed by atoms with Gasteiger partial charge in [0.1, 0.15) is 6.04 Å². The first-order valence-corrected chi connectivity index (χ1v) is 8.88. The lowest BCUT2D eigenvalue weighted by molar-refractivity contribution is -0.135. The predicted molar refractivity (Wildman–Crippen MR) is 93.6 cm³/mol. The molecule has 0 saturated carbocycles. The van der Waals surface area contributed by atoms with Gasteiger partial charge in [0.15, 0.2) is 11.5 Å². The number of thioether (sulfide) groups is 1. The van der Waals surface area contributed by atoms with Crippen molar-refractivity contribution in [2.24, 2.45) is 0 Å². The van der Waals surface area contributed by atoms with Crippen LogP contribution < -0.4 is 14.8 Å². The number of carbonyl (C=O) groups excluding carboxylic acids is 2. The van der Waals surface area contributed by atoms with Gasteiger partial charge in [-0.3, -0.25) is 9.59 Å². The van der Waals surface area contributed by atoms with Crippen LogP contribution in [-0.4, -0.2) is 47.6 Å². The highest BCUT2D eigenvalue weighted by atomic mass is 32.2. The molecule has 0 aliphatic carbocycles. The Kier molecular flexibility index (Phi) is 4.38. The molecule has 24 heavy (non-hydrogen) atoms. The predicted octanol–water partition coefficient (Wildman–Crippen LogP) is 2.40. The summed E-state index contributed by atoms with van der Waals surface area (Å²) in [5.41, 5.74) is 1.55. The van der Waals surface area contributed by atoms with Crippen LogP contribution in [0.4, 0.5) is 5.69 Å². The van der Waals surface area contributed by atoms with Crippen LogP contribution in [0, 0.1) is 6.92 Å². The Bertz CT molecular complexity index is 693.